The molecule has 29 heavy (non-hydrogen) atoms. The van der Waals surface area contributed by atoms with Gasteiger partial charge in [-0.15, -0.1) is 0 Å². The average molecular weight is 453 g/mol. The summed E-state index contributed by atoms with van der Waals surface area (Å²) in [5, 5.41) is 19.6. The van der Waals surface area contributed by atoms with E-state index in [1.807, 2.05) is 55.5 Å². The van der Waals surface area contributed by atoms with Crippen molar-refractivity contribution in [3.8, 4) is 0 Å². The summed E-state index contributed by atoms with van der Waals surface area (Å²) in [7, 11) is 0. The maximum Gasteiger partial charge on any atom is 0.352 e. The topological polar surface area (TPSA) is 96.3 Å². The largest absolute Gasteiger partial charge is 0.477 e. The highest BCUT2D eigenvalue weighted by Gasteiger charge is 2.30. The average Bonchev–Trinajstić information content (AvgIpc) is 3.13. The van der Waals surface area contributed by atoms with E-state index < -0.39 is 12.0 Å². The van der Waals surface area contributed by atoms with Crippen molar-refractivity contribution >= 4 is 39.3 Å². The summed E-state index contributed by atoms with van der Waals surface area (Å²) in [5.41, 5.74) is 2.69. The van der Waals surface area contributed by atoms with E-state index >= 15 is 0 Å². The van der Waals surface area contributed by atoms with Crippen molar-refractivity contribution in [3.05, 3.63) is 87.7 Å². The molecule has 0 unspecified atom stereocenters. The summed E-state index contributed by atoms with van der Waals surface area (Å²) in [6, 6.07) is 14.5. The molecule has 3 aromatic rings. The van der Waals surface area contributed by atoms with Gasteiger partial charge in [0.15, 0.2) is 0 Å². The molecule has 146 valence electrons. The number of carbonyl (C=O) groups excluding carboxylic acids is 1. The van der Waals surface area contributed by atoms with Gasteiger partial charge >= 0.3 is 5.97 Å². The fourth-order valence-electron chi connectivity index (χ4n) is 3.23. The minimum atomic E-state index is -1.11. The monoisotopic (exact) mass is 452 g/mol. The molecule has 0 spiro atoms. The van der Waals surface area contributed by atoms with Gasteiger partial charge in [-0.25, -0.2) is 9.48 Å². The minimum Gasteiger partial charge on any atom is -0.477 e. The molecule has 2 heterocycles. The number of para-hydroxylation sites is 1. The Balaban J connectivity index is 1.75. The number of allylic oxidation sites excluding steroid dienone is 1. The Kier molecular flexibility index (Phi) is 4.94. The summed E-state index contributed by atoms with van der Waals surface area (Å²) >= 11 is 3.51. The number of carboxylic acid groups (broad SMARTS) is 1. The molecule has 1 aromatic heterocycles. The predicted molar refractivity (Wildman–Crippen MR) is 113 cm³/mol. The Morgan fingerprint density at radius 1 is 1.17 bits per heavy atom. The third-order valence-corrected chi connectivity index (χ3v) is 5.45. The number of halogens is 1. The van der Waals surface area contributed by atoms with Gasteiger partial charge in [0, 0.05) is 10.2 Å². The summed E-state index contributed by atoms with van der Waals surface area (Å²) in [6.45, 7) is 1.90. The lowest BCUT2D eigenvalue weighted by atomic mass is 10.0. The van der Waals surface area contributed by atoms with E-state index in [0.717, 1.165) is 15.6 Å². The van der Waals surface area contributed by atoms with Crippen LogP contribution in [-0.2, 0) is 4.79 Å². The van der Waals surface area contributed by atoms with E-state index in [0.29, 0.717) is 11.5 Å². The fourth-order valence-corrected chi connectivity index (χ4v) is 3.74. The maximum atomic E-state index is 12.9. The molecule has 0 fully saturated rings. The van der Waals surface area contributed by atoms with Crippen LogP contribution in [0.25, 0.3) is 0 Å². The molecule has 1 amide bonds. The fraction of sp³-hybridized carbons (Fsp3) is 0.0952. The number of anilines is 2. The molecule has 1 aliphatic rings. The smallest absolute Gasteiger partial charge is 0.352 e. The highest BCUT2D eigenvalue weighted by atomic mass is 79.9. The van der Waals surface area contributed by atoms with E-state index in [9.17, 15) is 14.7 Å². The van der Waals surface area contributed by atoms with E-state index in [1.165, 1.54) is 6.20 Å². The van der Waals surface area contributed by atoms with Gasteiger partial charge in [-0.05, 0) is 36.3 Å². The number of carboxylic acids is 1. The number of rotatable bonds is 4. The molecule has 0 aliphatic carbocycles. The maximum absolute atomic E-state index is 12.9. The van der Waals surface area contributed by atoms with Crippen LogP contribution in [0.2, 0.25) is 0 Å². The number of aliphatic carboxylic acids is 1. The third-order valence-electron chi connectivity index (χ3n) is 4.73. The van der Waals surface area contributed by atoms with Crippen LogP contribution in [0.3, 0.4) is 0 Å². The molecule has 0 saturated carbocycles. The van der Waals surface area contributed by atoms with Crippen LogP contribution in [0.15, 0.2) is 71.0 Å². The first kappa shape index (κ1) is 18.9. The number of aromatic nitrogens is 2. The first-order valence-corrected chi connectivity index (χ1v) is 9.66. The van der Waals surface area contributed by atoms with E-state index in [2.05, 4.69) is 31.7 Å². The van der Waals surface area contributed by atoms with Crippen LogP contribution in [0.5, 0.6) is 0 Å². The second kappa shape index (κ2) is 7.56. The van der Waals surface area contributed by atoms with Crippen LogP contribution in [0.1, 0.15) is 27.5 Å². The molecule has 1 aliphatic heterocycles. The van der Waals surface area contributed by atoms with Crippen molar-refractivity contribution in [2.24, 2.45) is 0 Å². The molecule has 7 nitrogen and oxygen atoms in total. The Morgan fingerprint density at radius 2 is 1.90 bits per heavy atom. The number of nitrogens with zero attached hydrogens (tertiary/aromatic N) is 2. The SMILES string of the molecule is Cc1ccccc1NC(=O)c1cnn2c1NC(C(=O)O)=C[C@H]2c1ccccc1Br. The van der Waals surface area contributed by atoms with Crippen molar-refractivity contribution in [3.63, 3.8) is 0 Å². The van der Waals surface area contributed by atoms with E-state index in [-0.39, 0.29) is 17.2 Å². The van der Waals surface area contributed by atoms with Crippen LogP contribution >= 0.6 is 15.9 Å². The Morgan fingerprint density at radius 3 is 2.62 bits per heavy atom. The summed E-state index contributed by atoms with van der Waals surface area (Å²) in [6.07, 6.45) is 3.02. The van der Waals surface area contributed by atoms with Gasteiger partial charge in [-0.1, -0.05) is 52.3 Å². The van der Waals surface area contributed by atoms with Crippen molar-refractivity contribution in [1.29, 1.82) is 0 Å². The number of fused-ring (bicyclic) bond motifs is 1. The Bertz CT molecular complexity index is 1150. The number of benzene rings is 2. The zero-order chi connectivity index (χ0) is 20.5. The normalized spacial score (nSPS) is 15.1. The molecule has 0 bridgehead atoms. The quantitative estimate of drug-likeness (QED) is 0.551. The molecule has 1 atom stereocenters. The van der Waals surface area contributed by atoms with Gasteiger partial charge in [-0.2, -0.15) is 5.10 Å². The van der Waals surface area contributed by atoms with Gasteiger partial charge < -0.3 is 15.7 Å². The van der Waals surface area contributed by atoms with Gasteiger partial charge in [-0.3, -0.25) is 4.79 Å². The third kappa shape index (κ3) is 3.54. The van der Waals surface area contributed by atoms with Gasteiger partial charge in [0.2, 0.25) is 0 Å². The first-order valence-electron chi connectivity index (χ1n) is 8.86. The number of amides is 1. The molecule has 8 heteroatoms. The summed E-state index contributed by atoms with van der Waals surface area (Å²) in [4.78, 5) is 24.6. The van der Waals surface area contributed by atoms with Crippen LogP contribution in [0, 0.1) is 6.92 Å². The second-order valence-corrected chi connectivity index (χ2v) is 7.45. The Hall–Kier alpha value is -3.39. The first-order chi connectivity index (χ1) is 14.0. The van der Waals surface area contributed by atoms with E-state index in [4.69, 9.17) is 0 Å². The molecule has 0 saturated heterocycles. The van der Waals surface area contributed by atoms with Gasteiger partial charge in [0.05, 0.1) is 6.20 Å². The zero-order valence-corrected chi connectivity index (χ0v) is 17.0. The Labute approximate surface area is 175 Å². The molecule has 2 aromatic carbocycles. The highest BCUT2D eigenvalue weighted by molar-refractivity contribution is 9.10. The van der Waals surface area contributed by atoms with Crippen LogP contribution in [0.4, 0.5) is 11.5 Å². The number of carbonyl (C=O) groups is 2. The standard InChI is InChI=1S/C21H17BrN4O3/c1-12-6-2-5-9-16(12)25-20(27)14-11-23-26-18(13-7-3-4-8-15(13)22)10-17(21(28)29)24-19(14)26/h2-11,18,24H,1H3,(H,25,27)(H,28,29)/t18-/m0/s1. The van der Waals surface area contributed by atoms with Crippen molar-refractivity contribution in [2.75, 3.05) is 10.6 Å². The van der Waals surface area contributed by atoms with Crippen molar-refractivity contribution in [1.82, 2.24) is 9.78 Å². The molecular weight excluding hydrogens is 436 g/mol. The summed E-state index contributed by atoms with van der Waals surface area (Å²) < 4.78 is 2.43. The van der Waals surface area contributed by atoms with Crippen molar-refractivity contribution in [2.45, 2.75) is 13.0 Å². The van der Waals surface area contributed by atoms with E-state index in [1.54, 1.807) is 10.8 Å². The lowest BCUT2D eigenvalue weighted by molar-refractivity contribution is -0.132. The van der Waals surface area contributed by atoms with Gasteiger partial charge in [0.1, 0.15) is 23.1 Å². The van der Waals surface area contributed by atoms with Crippen LogP contribution < -0.4 is 10.6 Å². The number of aryl methyl sites for hydroxylation is 1. The molecule has 4 rings (SSSR count). The second-order valence-electron chi connectivity index (χ2n) is 6.60. The van der Waals surface area contributed by atoms with Crippen molar-refractivity contribution < 1.29 is 14.7 Å². The minimum absolute atomic E-state index is 0.0105. The number of hydrogen-bond acceptors (Lipinski definition) is 4. The lowest BCUT2D eigenvalue weighted by Crippen LogP contribution is -2.25. The number of nitrogens with one attached hydrogen (secondary N) is 2. The number of hydrogen-bond donors (Lipinski definition) is 3. The molecular formula is C21H17BrN4O3. The lowest BCUT2D eigenvalue weighted by Gasteiger charge is -2.25. The zero-order valence-electron chi connectivity index (χ0n) is 15.4. The van der Waals surface area contributed by atoms with Gasteiger partial charge in [0.25, 0.3) is 5.91 Å². The molecule has 0 radical (unpaired) electrons. The summed E-state index contributed by atoms with van der Waals surface area (Å²) in [5.74, 6) is -1.15. The molecule has 3 N–H and O–H groups in total. The highest BCUT2D eigenvalue weighted by Crippen LogP contribution is 2.35. The van der Waals surface area contributed by atoms with Crippen LogP contribution in [-0.4, -0.2) is 26.8 Å². The predicted octanol–water partition coefficient (Wildman–Crippen LogP) is 4.19.